The highest BCUT2D eigenvalue weighted by molar-refractivity contribution is 4.95. The largest absolute Gasteiger partial charge is 0.496 e. The van der Waals surface area contributed by atoms with Gasteiger partial charge in [0.05, 0.1) is 6.26 Å². The number of hydrogen-bond acceptors (Lipinski definition) is 1. The molecule has 0 aromatic carbocycles. The van der Waals surface area contributed by atoms with E-state index in [2.05, 4.69) is 13.5 Å². The van der Waals surface area contributed by atoms with E-state index in [4.69, 9.17) is 4.74 Å². The molecule has 0 saturated heterocycles. The number of rotatable bonds is 3. The van der Waals surface area contributed by atoms with Crippen molar-refractivity contribution in [1.82, 2.24) is 0 Å². The molecule has 2 atom stereocenters. The average molecular weight is 180 g/mol. The van der Waals surface area contributed by atoms with E-state index in [-0.39, 0.29) is 5.60 Å². The van der Waals surface area contributed by atoms with Crippen LogP contribution in [0.5, 0.6) is 0 Å². The Hall–Kier alpha value is -0.460. The van der Waals surface area contributed by atoms with Gasteiger partial charge in [0.15, 0.2) is 0 Å². The van der Waals surface area contributed by atoms with E-state index >= 15 is 0 Å². The highest BCUT2D eigenvalue weighted by Crippen LogP contribution is 2.49. The lowest BCUT2D eigenvalue weighted by atomic mass is 9.76. The third-order valence-corrected chi connectivity index (χ3v) is 3.95. The van der Waals surface area contributed by atoms with Crippen LogP contribution < -0.4 is 0 Å². The second-order valence-electron chi connectivity index (χ2n) is 4.77. The van der Waals surface area contributed by atoms with Crippen LogP contribution >= 0.6 is 0 Å². The SMILES string of the molecule is C=COC1(CC)CC2CCC(C2)C1. The van der Waals surface area contributed by atoms with Gasteiger partial charge in [-0.2, -0.15) is 0 Å². The van der Waals surface area contributed by atoms with E-state index in [1.165, 1.54) is 32.1 Å². The summed E-state index contributed by atoms with van der Waals surface area (Å²) in [6.07, 6.45) is 9.67. The zero-order valence-corrected chi connectivity index (χ0v) is 8.59. The first-order valence-electron chi connectivity index (χ1n) is 5.57. The molecule has 2 aliphatic carbocycles. The van der Waals surface area contributed by atoms with Crippen molar-refractivity contribution < 1.29 is 4.74 Å². The van der Waals surface area contributed by atoms with Gasteiger partial charge in [0.2, 0.25) is 0 Å². The molecule has 1 nitrogen and oxygen atoms in total. The monoisotopic (exact) mass is 180 g/mol. The summed E-state index contributed by atoms with van der Waals surface area (Å²) < 4.78 is 5.76. The lowest BCUT2D eigenvalue weighted by molar-refractivity contribution is -0.0356. The van der Waals surface area contributed by atoms with E-state index in [9.17, 15) is 0 Å². The van der Waals surface area contributed by atoms with E-state index in [0.717, 1.165) is 18.3 Å². The van der Waals surface area contributed by atoms with E-state index in [1.54, 1.807) is 6.26 Å². The van der Waals surface area contributed by atoms with Gasteiger partial charge in [-0.15, -0.1) is 0 Å². The Morgan fingerprint density at radius 1 is 1.38 bits per heavy atom. The fourth-order valence-electron chi connectivity index (χ4n) is 3.33. The molecule has 0 heterocycles. The molecule has 0 radical (unpaired) electrons. The van der Waals surface area contributed by atoms with Crippen LogP contribution in [0.4, 0.5) is 0 Å². The minimum absolute atomic E-state index is 0.159. The molecule has 2 unspecified atom stereocenters. The van der Waals surface area contributed by atoms with E-state index in [1.807, 2.05) is 0 Å². The Bertz CT molecular complexity index is 185. The highest BCUT2D eigenvalue weighted by Gasteiger charge is 2.43. The van der Waals surface area contributed by atoms with E-state index in [0.29, 0.717) is 0 Å². The molecular weight excluding hydrogens is 160 g/mol. The molecule has 2 fully saturated rings. The van der Waals surface area contributed by atoms with Crippen molar-refractivity contribution in [1.29, 1.82) is 0 Å². The molecule has 0 aromatic rings. The summed E-state index contributed by atoms with van der Waals surface area (Å²) in [6, 6.07) is 0. The lowest BCUT2D eigenvalue weighted by Gasteiger charge is -2.39. The highest BCUT2D eigenvalue weighted by atomic mass is 16.5. The number of ether oxygens (including phenoxy) is 1. The predicted molar refractivity (Wildman–Crippen MR) is 54.4 cm³/mol. The summed E-state index contributed by atoms with van der Waals surface area (Å²) in [5.41, 5.74) is 0.159. The summed E-state index contributed by atoms with van der Waals surface area (Å²) in [6.45, 7) is 5.94. The van der Waals surface area contributed by atoms with Crippen LogP contribution in [0.3, 0.4) is 0 Å². The quantitative estimate of drug-likeness (QED) is 0.604. The van der Waals surface area contributed by atoms with Crippen LogP contribution in [0.2, 0.25) is 0 Å². The molecule has 2 bridgehead atoms. The van der Waals surface area contributed by atoms with Gasteiger partial charge < -0.3 is 4.74 Å². The molecule has 1 heteroatoms. The first-order valence-corrected chi connectivity index (χ1v) is 5.57. The molecule has 0 aromatic heterocycles. The molecule has 0 amide bonds. The molecule has 13 heavy (non-hydrogen) atoms. The Balaban J connectivity index is 2.08. The van der Waals surface area contributed by atoms with Crippen molar-refractivity contribution in [2.75, 3.05) is 0 Å². The second-order valence-corrected chi connectivity index (χ2v) is 4.77. The first kappa shape index (κ1) is 9.11. The van der Waals surface area contributed by atoms with Gasteiger partial charge in [0.1, 0.15) is 5.60 Å². The summed E-state index contributed by atoms with van der Waals surface area (Å²) in [7, 11) is 0. The molecule has 2 saturated carbocycles. The standard InChI is InChI=1S/C12H20O/c1-3-12(13-4-2)8-10-5-6-11(7-10)9-12/h4,10-11H,2-3,5-9H2,1H3. The molecule has 0 spiro atoms. The van der Waals surface area contributed by atoms with Gasteiger partial charge in [0, 0.05) is 0 Å². The first-order chi connectivity index (χ1) is 6.28. The number of fused-ring (bicyclic) bond motifs is 2. The average Bonchev–Trinajstić information content (AvgIpc) is 2.47. The van der Waals surface area contributed by atoms with Crippen LogP contribution in [0, 0.1) is 11.8 Å². The Kier molecular flexibility index (Phi) is 2.35. The second kappa shape index (κ2) is 3.36. The zero-order valence-electron chi connectivity index (χ0n) is 8.59. The van der Waals surface area contributed by atoms with Crippen molar-refractivity contribution in [3.05, 3.63) is 12.8 Å². The van der Waals surface area contributed by atoms with Crippen molar-refractivity contribution in [3.63, 3.8) is 0 Å². The third-order valence-electron chi connectivity index (χ3n) is 3.95. The van der Waals surface area contributed by atoms with E-state index < -0.39 is 0 Å². The minimum Gasteiger partial charge on any atom is -0.496 e. The molecule has 74 valence electrons. The normalized spacial score (nSPS) is 43.2. The van der Waals surface area contributed by atoms with Crippen molar-refractivity contribution in [3.8, 4) is 0 Å². The lowest BCUT2D eigenvalue weighted by Crippen LogP contribution is -2.37. The Morgan fingerprint density at radius 2 is 2.00 bits per heavy atom. The van der Waals surface area contributed by atoms with Gasteiger partial charge in [0.25, 0.3) is 0 Å². The van der Waals surface area contributed by atoms with Crippen LogP contribution in [0.1, 0.15) is 45.4 Å². The molecule has 2 rings (SSSR count). The number of hydrogen-bond donors (Lipinski definition) is 0. The summed E-state index contributed by atoms with van der Waals surface area (Å²) in [4.78, 5) is 0. The fraction of sp³-hybridized carbons (Fsp3) is 0.833. The third kappa shape index (κ3) is 1.61. The molecular formula is C12H20O. The maximum absolute atomic E-state index is 5.76. The maximum atomic E-state index is 5.76. The van der Waals surface area contributed by atoms with Crippen LogP contribution in [-0.4, -0.2) is 5.60 Å². The van der Waals surface area contributed by atoms with Gasteiger partial charge in [-0.3, -0.25) is 0 Å². The van der Waals surface area contributed by atoms with Gasteiger partial charge in [-0.05, 0) is 37.5 Å². The predicted octanol–water partition coefficient (Wildman–Crippen LogP) is 3.51. The zero-order chi connectivity index (χ0) is 9.31. The minimum atomic E-state index is 0.159. The van der Waals surface area contributed by atoms with Crippen LogP contribution in [-0.2, 0) is 4.74 Å². The van der Waals surface area contributed by atoms with Crippen LogP contribution in [0.15, 0.2) is 12.8 Å². The summed E-state index contributed by atoms with van der Waals surface area (Å²) in [5, 5.41) is 0. The molecule has 0 N–H and O–H groups in total. The molecule has 0 aliphatic heterocycles. The topological polar surface area (TPSA) is 9.23 Å². The fourth-order valence-corrected chi connectivity index (χ4v) is 3.33. The summed E-state index contributed by atoms with van der Waals surface area (Å²) in [5.74, 6) is 1.89. The van der Waals surface area contributed by atoms with Crippen molar-refractivity contribution >= 4 is 0 Å². The van der Waals surface area contributed by atoms with Crippen molar-refractivity contribution in [2.45, 2.75) is 51.0 Å². The smallest absolute Gasteiger partial charge is 0.108 e. The van der Waals surface area contributed by atoms with Crippen LogP contribution in [0.25, 0.3) is 0 Å². The van der Waals surface area contributed by atoms with Gasteiger partial charge >= 0.3 is 0 Å². The van der Waals surface area contributed by atoms with Gasteiger partial charge in [-0.25, -0.2) is 0 Å². The molecule has 2 aliphatic rings. The van der Waals surface area contributed by atoms with Crippen molar-refractivity contribution in [2.24, 2.45) is 11.8 Å². The summed E-state index contributed by atoms with van der Waals surface area (Å²) >= 11 is 0. The maximum Gasteiger partial charge on any atom is 0.108 e. The Labute approximate surface area is 81.2 Å². The van der Waals surface area contributed by atoms with Gasteiger partial charge in [-0.1, -0.05) is 26.3 Å². The Morgan fingerprint density at radius 3 is 2.46 bits per heavy atom.